The Morgan fingerprint density at radius 3 is 1.20 bits per heavy atom. The molecular weight excluding hydrogens is 439 g/mol. The van der Waals surface area contributed by atoms with Crippen molar-refractivity contribution in [2.24, 2.45) is 0 Å². The summed E-state index contributed by atoms with van der Waals surface area (Å²) in [5.74, 6) is -4.68. The zero-order chi connectivity index (χ0) is 20.7. The molecule has 0 aliphatic carbocycles. The number of rotatable bonds is 8. The summed E-state index contributed by atoms with van der Waals surface area (Å²) in [6, 6.07) is 0. The van der Waals surface area contributed by atoms with Gasteiger partial charge in [-0.2, -0.15) is 0 Å². The molecule has 0 unspecified atom stereocenters. The van der Waals surface area contributed by atoms with E-state index in [-0.39, 0.29) is 21.1 Å². The van der Waals surface area contributed by atoms with Gasteiger partial charge < -0.3 is 30.0 Å². The molecule has 0 aliphatic heterocycles. The normalized spacial score (nSPS) is 8.32. The van der Waals surface area contributed by atoms with E-state index >= 15 is 0 Å². The van der Waals surface area contributed by atoms with Gasteiger partial charge in [0.1, 0.15) is 0 Å². The monoisotopic (exact) mass is 468 g/mol. The van der Waals surface area contributed by atoms with Gasteiger partial charge in [-0.05, 0) is 13.8 Å². The van der Waals surface area contributed by atoms with Crippen LogP contribution in [0.1, 0.15) is 53.4 Å². The van der Waals surface area contributed by atoms with E-state index in [1.165, 1.54) is 25.7 Å². The molecule has 0 rings (SSSR count). The minimum Gasteiger partial charge on any atom is -0.478 e. The standard InChI is InChI=1S/C4H4O4.2C4H9.2C2H4O2.Sn/c5-3(6)1-2-4(7)8;2*1-3-4-2;2*1-2(3)4;/h1-2H,(H,5,6)(H,7,8);2*1,3-4H2,2H3;2*1H3,(H,3,4);/q;;;;;+2/p-2. The number of hydrogen-bond acceptors (Lipinski definition) is 6. The van der Waals surface area contributed by atoms with Crippen molar-refractivity contribution in [2.45, 2.75) is 62.3 Å². The molecule has 0 saturated carbocycles. The van der Waals surface area contributed by atoms with Gasteiger partial charge in [0.25, 0.3) is 0 Å². The fourth-order valence-corrected chi connectivity index (χ4v) is 5.03. The molecule has 0 fully saturated rings. The third-order valence-electron chi connectivity index (χ3n) is 1.78. The minimum absolute atomic E-state index is 0.149. The molecule has 2 N–H and O–H groups in total. The fourth-order valence-electron chi connectivity index (χ4n) is 0.871. The molecule has 25 heavy (non-hydrogen) atoms. The van der Waals surface area contributed by atoms with Crippen LogP contribution >= 0.6 is 0 Å². The molecule has 0 bridgehead atoms. The van der Waals surface area contributed by atoms with Crippen molar-refractivity contribution in [2.75, 3.05) is 0 Å². The van der Waals surface area contributed by atoms with Crippen LogP contribution in [0.15, 0.2) is 12.2 Å². The van der Waals surface area contributed by atoms with Gasteiger partial charge in [0.05, 0.1) is 0 Å². The Morgan fingerprint density at radius 2 is 1.04 bits per heavy atom. The number of carboxylic acids is 4. The molecule has 0 aliphatic rings. The van der Waals surface area contributed by atoms with Gasteiger partial charge in [-0.3, -0.25) is 0 Å². The molecule has 8 nitrogen and oxygen atoms in total. The first-order valence-corrected chi connectivity index (χ1v) is 11.7. The second kappa shape index (κ2) is 27.3. The summed E-state index contributed by atoms with van der Waals surface area (Å²) < 4.78 is 3.25. The van der Waals surface area contributed by atoms with Gasteiger partial charge >= 0.3 is 81.5 Å². The smallest absolute Gasteiger partial charge is 0.328 e. The third-order valence-corrected chi connectivity index (χ3v) is 5.82. The Morgan fingerprint density at radius 1 is 0.800 bits per heavy atom. The van der Waals surface area contributed by atoms with Crippen molar-refractivity contribution < 1.29 is 39.6 Å². The van der Waals surface area contributed by atoms with Crippen LogP contribution in [0.3, 0.4) is 0 Å². The van der Waals surface area contributed by atoms with Crippen molar-refractivity contribution in [1.29, 1.82) is 0 Å². The van der Waals surface area contributed by atoms with Crippen molar-refractivity contribution in [3.8, 4) is 0 Å². The summed E-state index contributed by atoms with van der Waals surface area (Å²) >= 11 is 0.149. The van der Waals surface area contributed by atoms with Crippen LogP contribution in [0.2, 0.25) is 8.87 Å². The van der Waals surface area contributed by atoms with Crippen molar-refractivity contribution in [3.05, 3.63) is 12.2 Å². The zero-order valence-electron chi connectivity index (χ0n) is 15.2. The van der Waals surface area contributed by atoms with Gasteiger partial charge in [-0.15, -0.1) is 0 Å². The van der Waals surface area contributed by atoms with Crippen LogP contribution in [0.25, 0.3) is 0 Å². The Bertz CT molecular complexity index is 338. The number of hydrogen-bond donors (Lipinski definition) is 2. The van der Waals surface area contributed by atoms with Gasteiger partial charge in [0, 0.05) is 24.1 Å². The Kier molecular flexibility index (Phi) is 34.1. The molecule has 0 saturated heterocycles. The Labute approximate surface area is 159 Å². The number of aliphatic carboxylic acids is 4. The van der Waals surface area contributed by atoms with E-state index in [0.717, 1.165) is 13.8 Å². The molecule has 0 atom stereocenters. The van der Waals surface area contributed by atoms with Crippen LogP contribution in [0, 0.1) is 0 Å². The molecular formula is C16H28O8Sn. The van der Waals surface area contributed by atoms with E-state index in [1.807, 2.05) is 0 Å². The maximum Gasteiger partial charge on any atom is 0.328 e. The van der Waals surface area contributed by atoms with Crippen LogP contribution in [-0.4, -0.2) is 55.2 Å². The average Bonchev–Trinajstić information content (AvgIpc) is 2.44. The number of carbonyl (C=O) groups is 4. The van der Waals surface area contributed by atoms with Crippen molar-refractivity contribution in [3.63, 3.8) is 0 Å². The summed E-state index contributed by atoms with van der Waals surface area (Å²) in [7, 11) is 0. The summed E-state index contributed by atoms with van der Waals surface area (Å²) in [4.78, 5) is 36.9. The van der Waals surface area contributed by atoms with E-state index in [0.29, 0.717) is 12.2 Å². The Balaban J connectivity index is -0.000000126. The van der Waals surface area contributed by atoms with Crippen LogP contribution < -0.4 is 10.2 Å². The van der Waals surface area contributed by atoms with Crippen molar-refractivity contribution in [1.82, 2.24) is 0 Å². The SMILES string of the molecule is CC(=O)[O-].CC(=O)[O-].CCC[CH2][Sn+2][CH2]CCC.O=C(O)C=CC(=O)O. The molecule has 9 heteroatoms. The van der Waals surface area contributed by atoms with E-state index < -0.39 is 23.9 Å². The summed E-state index contributed by atoms with van der Waals surface area (Å²) in [6.45, 7) is 6.53. The first kappa shape index (κ1) is 31.2. The Hall–Kier alpha value is -1.58. The maximum atomic E-state index is 9.55. The van der Waals surface area contributed by atoms with Gasteiger partial charge in [0.2, 0.25) is 0 Å². The van der Waals surface area contributed by atoms with E-state index in [4.69, 9.17) is 30.0 Å². The van der Waals surface area contributed by atoms with E-state index in [1.54, 1.807) is 8.87 Å². The zero-order valence-corrected chi connectivity index (χ0v) is 18.1. The molecule has 0 heterocycles. The molecule has 0 aromatic heterocycles. The predicted octanol–water partition coefficient (Wildman–Crippen LogP) is 0.352. The quantitative estimate of drug-likeness (QED) is 0.295. The van der Waals surface area contributed by atoms with E-state index in [2.05, 4.69) is 13.8 Å². The molecule has 144 valence electrons. The van der Waals surface area contributed by atoms with Gasteiger partial charge in [-0.25, -0.2) is 9.59 Å². The minimum atomic E-state index is -1.26. The first-order valence-electron chi connectivity index (χ1n) is 7.70. The largest absolute Gasteiger partial charge is 0.478 e. The summed E-state index contributed by atoms with van der Waals surface area (Å²) in [5, 5.41) is 33.4. The maximum absolute atomic E-state index is 9.55. The summed E-state index contributed by atoms with van der Waals surface area (Å²) in [5.41, 5.74) is 0. The first-order chi connectivity index (χ1) is 11.5. The van der Waals surface area contributed by atoms with Crippen LogP contribution in [-0.2, 0) is 19.2 Å². The second-order valence-electron chi connectivity index (χ2n) is 4.45. The molecule has 0 radical (unpaired) electrons. The summed E-state index contributed by atoms with van der Waals surface area (Å²) in [6.07, 6.45) is 6.95. The van der Waals surface area contributed by atoms with Crippen LogP contribution in [0.5, 0.6) is 0 Å². The molecule has 0 aromatic carbocycles. The average molecular weight is 467 g/mol. The molecule has 0 spiro atoms. The molecule has 0 aromatic rings. The second-order valence-corrected chi connectivity index (χ2v) is 8.73. The van der Waals surface area contributed by atoms with Gasteiger partial charge in [0.15, 0.2) is 0 Å². The number of carboxylic acid groups (broad SMARTS) is 4. The van der Waals surface area contributed by atoms with E-state index in [9.17, 15) is 9.59 Å². The number of unbranched alkanes of at least 4 members (excludes halogenated alkanes) is 2. The fraction of sp³-hybridized carbons (Fsp3) is 0.625. The topological polar surface area (TPSA) is 155 Å². The predicted molar refractivity (Wildman–Crippen MR) is 91.0 cm³/mol. The van der Waals surface area contributed by atoms with Gasteiger partial charge in [-0.1, -0.05) is 0 Å². The van der Waals surface area contributed by atoms with Crippen LogP contribution in [0.4, 0.5) is 0 Å². The number of carbonyl (C=O) groups excluding carboxylic acids is 2. The van der Waals surface area contributed by atoms with Crippen molar-refractivity contribution >= 4 is 45.0 Å². The third kappa shape index (κ3) is 105. The molecule has 0 amide bonds.